The van der Waals surface area contributed by atoms with Crippen molar-refractivity contribution in [2.24, 2.45) is 0 Å². The van der Waals surface area contributed by atoms with E-state index < -0.39 is 15.7 Å². The number of rotatable bonds is 3. The summed E-state index contributed by atoms with van der Waals surface area (Å²) in [7, 11) is -3.78. The lowest BCUT2D eigenvalue weighted by molar-refractivity contribution is 0.475. The predicted molar refractivity (Wildman–Crippen MR) is 77.8 cm³/mol. The highest BCUT2D eigenvalue weighted by Gasteiger charge is 2.15. The lowest BCUT2D eigenvalue weighted by Crippen LogP contribution is -2.12. The minimum absolute atomic E-state index is 0.0262. The minimum atomic E-state index is -3.78. The van der Waals surface area contributed by atoms with Crippen molar-refractivity contribution in [2.75, 3.05) is 4.72 Å². The van der Waals surface area contributed by atoms with E-state index in [0.29, 0.717) is 16.7 Å². The van der Waals surface area contributed by atoms with Gasteiger partial charge in [0.15, 0.2) is 0 Å². The molecule has 0 aliphatic rings. The second-order valence-electron chi connectivity index (χ2n) is 4.44. The van der Waals surface area contributed by atoms with Crippen molar-refractivity contribution in [2.45, 2.75) is 4.90 Å². The maximum atomic E-state index is 12.3. The van der Waals surface area contributed by atoms with Crippen LogP contribution in [-0.4, -0.2) is 23.5 Å². The number of phenols is 1. The summed E-state index contributed by atoms with van der Waals surface area (Å²) in [6.07, 6.45) is 0. The van der Waals surface area contributed by atoms with E-state index in [0.717, 1.165) is 0 Å². The van der Waals surface area contributed by atoms with Gasteiger partial charge in [0.05, 0.1) is 15.9 Å². The Kier molecular flexibility index (Phi) is 2.95. The number of aromatic amines is 2. The molecule has 1 aromatic heterocycles. The first-order valence-electron chi connectivity index (χ1n) is 5.98. The third-order valence-corrected chi connectivity index (χ3v) is 4.30. The second-order valence-corrected chi connectivity index (χ2v) is 6.12. The molecule has 0 spiro atoms. The first-order valence-corrected chi connectivity index (χ1v) is 7.46. The van der Waals surface area contributed by atoms with Gasteiger partial charge in [-0.05, 0) is 42.5 Å². The van der Waals surface area contributed by atoms with E-state index in [1.54, 1.807) is 0 Å². The van der Waals surface area contributed by atoms with Crippen LogP contribution in [0.2, 0.25) is 0 Å². The predicted octanol–water partition coefficient (Wildman–Crippen LogP) is 1.36. The van der Waals surface area contributed by atoms with E-state index >= 15 is 0 Å². The van der Waals surface area contributed by atoms with Gasteiger partial charge in [0.1, 0.15) is 5.75 Å². The largest absolute Gasteiger partial charge is 0.508 e. The number of sulfonamides is 1. The summed E-state index contributed by atoms with van der Waals surface area (Å²) in [4.78, 5) is 16.2. The van der Waals surface area contributed by atoms with Crippen LogP contribution in [0.25, 0.3) is 11.0 Å². The van der Waals surface area contributed by atoms with Crippen LogP contribution in [0.1, 0.15) is 0 Å². The molecule has 8 heteroatoms. The summed E-state index contributed by atoms with van der Waals surface area (Å²) in [6, 6.07) is 9.94. The first kappa shape index (κ1) is 13.3. The van der Waals surface area contributed by atoms with E-state index in [9.17, 15) is 18.3 Å². The fourth-order valence-electron chi connectivity index (χ4n) is 1.92. The monoisotopic (exact) mass is 305 g/mol. The molecule has 108 valence electrons. The van der Waals surface area contributed by atoms with Crippen molar-refractivity contribution < 1.29 is 13.5 Å². The zero-order valence-electron chi connectivity index (χ0n) is 10.6. The third-order valence-electron chi connectivity index (χ3n) is 2.92. The number of hydrogen-bond acceptors (Lipinski definition) is 4. The van der Waals surface area contributed by atoms with Crippen molar-refractivity contribution >= 4 is 26.7 Å². The number of imidazole rings is 1. The number of H-pyrrole nitrogens is 2. The Hall–Kier alpha value is -2.74. The Labute approximate surface area is 119 Å². The number of aromatic hydroxyl groups is 1. The van der Waals surface area contributed by atoms with Crippen molar-refractivity contribution in [1.29, 1.82) is 0 Å². The molecule has 0 radical (unpaired) electrons. The summed E-state index contributed by atoms with van der Waals surface area (Å²) in [5, 5.41) is 9.18. The van der Waals surface area contributed by atoms with Gasteiger partial charge >= 0.3 is 5.69 Å². The highest BCUT2D eigenvalue weighted by atomic mass is 32.2. The summed E-state index contributed by atoms with van der Waals surface area (Å²) < 4.78 is 26.9. The summed E-state index contributed by atoms with van der Waals surface area (Å²) >= 11 is 0. The maximum absolute atomic E-state index is 12.3. The number of hydrogen-bond donors (Lipinski definition) is 4. The Bertz CT molecular complexity index is 955. The van der Waals surface area contributed by atoms with Crippen LogP contribution in [0.15, 0.2) is 52.2 Å². The number of nitrogens with one attached hydrogen (secondary N) is 3. The Morgan fingerprint density at radius 1 is 0.952 bits per heavy atom. The lowest BCUT2D eigenvalue weighted by Gasteiger charge is -2.08. The van der Waals surface area contributed by atoms with Crippen LogP contribution >= 0.6 is 0 Å². The molecule has 0 unspecified atom stereocenters. The van der Waals surface area contributed by atoms with E-state index in [4.69, 9.17) is 0 Å². The molecule has 0 aliphatic carbocycles. The number of fused-ring (bicyclic) bond motifs is 1. The Morgan fingerprint density at radius 2 is 1.62 bits per heavy atom. The van der Waals surface area contributed by atoms with Gasteiger partial charge in [-0.15, -0.1) is 0 Å². The summed E-state index contributed by atoms with van der Waals surface area (Å²) in [5.74, 6) is 0.0456. The third kappa shape index (κ3) is 2.61. The van der Waals surface area contributed by atoms with Crippen molar-refractivity contribution in [3.05, 3.63) is 52.9 Å². The molecular formula is C13H11N3O4S. The summed E-state index contributed by atoms with van der Waals surface area (Å²) in [5.41, 5.74) is 0.874. The van der Waals surface area contributed by atoms with Gasteiger partial charge < -0.3 is 15.1 Å². The van der Waals surface area contributed by atoms with Gasteiger partial charge in [0.25, 0.3) is 10.0 Å². The average molecular weight is 305 g/mol. The van der Waals surface area contributed by atoms with Crippen LogP contribution in [0, 0.1) is 0 Å². The van der Waals surface area contributed by atoms with Crippen molar-refractivity contribution in [1.82, 2.24) is 9.97 Å². The van der Waals surface area contributed by atoms with E-state index in [1.165, 1.54) is 42.5 Å². The van der Waals surface area contributed by atoms with Crippen molar-refractivity contribution in [3.63, 3.8) is 0 Å². The normalized spacial score (nSPS) is 11.6. The topological polar surface area (TPSA) is 115 Å². The highest BCUT2D eigenvalue weighted by molar-refractivity contribution is 7.92. The van der Waals surface area contributed by atoms with Crippen LogP contribution in [0.5, 0.6) is 5.75 Å². The molecule has 0 saturated carbocycles. The molecule has 0 fully saturated rings. The molecule has 0 saturated heterocycles. The fraction of sp³-hybridized carbons (Fsp3) is 0. The van der Waals surface area contributed by atoms with Gasteiger partial charge in [0, 0.05) is 5.69 Å². The molecule has 0 aliphatic heterocycles. The first-order chi connectivity index (χ1) is 9.94. The molecule has 0 atom stereocenters. The Balaban J connectivity index is 1.99. The van der Waals surface area contributed by atoms with E-state index in [1.807, 2.05) is 0 Å². The molecule has 21 heavy (non-hydrogen) atoms. The SMILES string of the molecule is O=c1[nH]c2ccc(S(=O)(=O)Nc3ccc(O)cc3)cc2[nH]1. The lowest BCUT2D eigenvalue weighted by atomic mass is 10.3. The summed E-state index contributed by atoms with van der Waals surface area (Å²) in [6.45, 7) is 0. The number of anilines is 1. The van der Waals surface area contributed by atoms with Gasteiger partial charge in [-0.2, -0.15) is 0 Å². The standard InChI is InChI=1S/C13H11N3O4S/c17-9-3-1-8(2-4-9)16-21(19,20)10-5-6-11-12(7-10)15-13(18)14-11/h1-7,16-17H,(H2,14,15,18). The molecular weight excluding hydrogens is 294 g/mol. The van der Waals surface area contributed by atoms with E-state index in [2.05, 4.69) is 14.7 Å². The molecule has 7 nitrogen and oxygen atoms in total. The second kappa shape index (κ2) is 4.67. The number of aromatic nitrogens is 2. The molecule has 2 aromatic carbocycles. The molecule has 3 aromatic rings. The molecule has 1 heterocycles. The quantitative estimate of drug-likeness (QED) is 0.547. The van der Waals surface area contributed by atoms with Gasteiger partial charge in [-0.3, -0.25) is 4.72 Å². The average Bonchev–Trinajstić information content (AvgIpc) is 2.80. The molecule has 3 rings (SSSR count). The van der Waals surface area contributed by atoms with E-state index in [-0.39, 0.29) is 10.6 Å². The van der Waals surface area contributed by atoms with Gasteiger partial charge in [0.2, 0.25) is 0 Å². The maximum Gasteiger partial charge on any atom is 0.323 e. The van der Waals surface area contributed by atoms with Gasteiger partial charge in [-0.1, -0.05) is 0 Å². The van der Waals surface area contributed by atoms with Crippen LogP contribution in [0.4, 0.5) is 5.69 Å². The van der Waals surface area contributed by atoms with Crippen LogP contribution in [0.3, 0.4) is 0 Å². The Morgan fingerprint density at radius 3 is 2.33 bits per heavy atom. The fourth-order valence-corrected chi connectivity index (χ4v) is 3.01. The molecule has 0 bridgehead atoms. The van der Waals surface area contributed by atoms with Gasteiger partial charge in [-0.25, -0.2) is 13.2 Å². The smallest absolute Gasteiger partial charge is 0.323 e. The molecule has 4 N–H and O–H groups in total. The highest BCUT2D eigenvalue weighted by Crippen LogP contribution is 2.20. The minimum Gasteiger partial charge on any atom is -0.508 e. The number of benzene rings is 2. The zero-order valence-corrected chi connectivity index (χ0v) is 11.4. The van der Waals surface area contributed by atoms with Crippen molar-refractivity contribution in [3.8, 4) is 5.75 Å². The van der Waals surface area contributed by atoms with Crippen LogP contribution < -0.4 is 10.4 Å². The molecule has 0 amide bonds. The number of phenolic OH excluding ortho intramolecular Hbond substituents is 1. The van der Waals surface area contributed by atoms with Crippen LogP contribution in [-0.2, 0) is 10.0 Å². The zero-order chi connectivity index (χ0) is 15.0.